The molecule has 7 nitrogen and oxygen atoms in total. The van der Waals surface area contributed by atoms with Crippen LogP contribution >= 0.6 is 0 Å². The number of furan rings is 1. The van der Waals surface area contributed by atoms with Gasteiger partial charge in [0.2, 0.25) is 0 Å². The fourth-order valence-electron chi connectivity index (χ4n) is 2.82. The number of rotatable bonds is 4. The Morgan fingerprint density at radius 2 is 1.70 bits per heavy atom. The molecule has 0 unspecified atom stereocenters. The molecule has 154 valence electrons. The second-order valence-corrected chi connectivity index (χ2v) is 7.58. The van der Waals surface area contributed by atoms with Gasteiger partial charge in [0.1, 0.15) is 5.76 Å². The highest BCUT2D eigenvalue weighted by atomic mass is 32.2. The lowest BCUT2D eigenvalue weighted by Gasteiger charge is -2.08. The van der Waals surface area contributed by atoms with Gasteiger partial charge in [-0.1, -0.05) is 24.3 Å². The zero-order valence-electron chi connectivity index (χ0n) is 14.9. The first kappa shape index (κ1) is 19.9. The Hall–Kier alpha value is -3.44. The van der Waals surface area contributed by atoms with Crippen molar-refractivity contribution >= 4 is 10.1 Å². The molecule has 4 aromatic rings. The zero-order valence-corrected chi connectivity index (χ0v) is 15.7. The Balaban J connectivity index is 1.80. The third-order valence-electron chi connectivity index (χ3n) is 4.22. The molecule has 0 amide bonds. The van der Waals surface area contributed by atoms with Gasteiger partial charge < -0.3 is 4.42 Å². The van der Waals surface area contributed by atoms with Crippen LogP contribution in [0.2, 0.25) is 0 Å². The Bertz CT molecular complexity index is 1280. The van der Waals surface area contributed by atoms with Crippen LogP contribution in [-0.4, -0.2) is 27.7 Å². The summed E-state index contributed by atoms with van der Waals surface area (Å²) in [6.07, 6.45) is -2.16. The standard InChI is InChI=1S/C19H12F3N3O4S/c20-19(21,22)17-10-15(12-3-5-13(6-4-12)16-2-1-9-29-16)25(24-17)14-7-8-18(23-11-14)30(26,27)28/h1-11H,(H,26,27,28). The highest BCUT2D eigenvalue weighted by molar-refractivity contribution is 7.85. The van der Waals surface area contributed by atoms with Gasteiger partial charge in [0.25, 0.3) is 0 Å². The molecule has 0 aliphatic carbocycles. The lowest BCUT2D eigenvalue weighted by Crippen LogP contribution is -2.08. The Morgan fingerprint density at radius 1 is 1.00 bits per heavy atom. The van der Waals surface area contributed by atoms with E-state index in [1.165, 1.54) is 12.3 Å². The summed E-state index contributed by atoms with van der Waals surface area (Å²) in [4.78, 5) is 3.59. The van der Waals surface area contributed by atoms with Gasteiger partial charge in [-0.3, -0.25) is 4.55 Å². The number of halogens is 3. The van der Waals surface area contributed by atoms with Gasteiger partial charge in [-0.05, 0) is 30.3 Å². The summed E-state index contributed by atoms with van der Waals surface area (Å²) in [5.74, 6) is 0.607. The number of nitrogens with zero attached hydrogens (tertiary/aromatic N) is 3. The van der Waals surface area contributed by atoms with Crippen molar-refractivity contribution in [1.82, 2.24) is 14.8 Å². The first-order chi connectivity index (χ1) is 14.1. The summed E-state index contributed by atoms with van der Waals surface area (Å²) in [6.45, 7) is 0. The van der Waals surface area contributed by atoms with E-state index < -0.39 is 27.0 Å². The summed E-state index contributed by atoms with van der Waals surface area (Å²) in [6, 6.07) is 13.2. The minimum absolute atomic E-state index is 0.0861. The van der Waals surface area contributed by atoms with E-state index in [9.17, 15) is 21.6 Å². The van der Waals surface area contributed by atoms with Crippen LogP contribution in [0.15, 0.2) is 76.5 Å². The van der Waals surface area contributed by atoms with Gasteiger partial charge in [-0.2, -0.15) is 26.7 Å². The SMILES string of the molecule is O=S(=O)(O)c1ccc(-n2nc(C(F)(F)F)cc2-c2ccc(-c3ccco3)cc2)cn1. The molecule has 0 spiro atoms. The largest absolute Gasteiger partial charge is 0.464 e. The molecule has 0 radical (unpaired) electrons. The molecule has 0 aliphatic rings. The van der Waals surface area contributed by atoms with Crippen molar-refractivity contribution < 1.29 is 30.6 Å². The van der Waals surface area contributed by atoms with Crippen molar-refractivity contribution in [3.8, 4) is 28.3 Å². The molecule has 0 saturated carbocycles. The van der Waals surface area contributed by atoms with E-state index in [2.05, 4.69) is 10.1 Å². The van der Waals surface area contributed by atoms with Crippen molar-refractivity contribution in [1.29, 1.82) is 0 Å². The Morgan fingerprint density at radius 3 is 2.23 bits per heavy atom. The van der Waals surface area contributed by atoms with Crippen molar-refractivity contribution in [2.75, 3.05) is 0 Å². The molecular weight excluding hydrogens is 423 g/mol. The fraction of sp³-hybridized carbons (Fsp3) is 0.0526. The van der Waals surface area contributed by atoms with E-state index in [1.54, 1.807) is 36.4 Å². The van der Waals surface area contributed by atoms with E-state index in [4.69, 9.17) is 8.97 Å². The molecule has 30 heavy (non-hydrogen) atoms. The highest BCUT2D eigenvalue weighted by Crippen LogP contribution is 2.34. The normalized spacial score (nSPS) is 12.3. The topological polar surface area (TPSA) is 98.2 Å². The first-order valence-electron chi connectivity index (χ1n) is 8.38. The zero-order chi connectivity index (χ0) is 21.5. The molecule has 0 bridgehead atoms. The number of aromatic nitrogens is 3. The average molecular weight is 435 g/mol. The fourth-order valence-corrected chi connectivity index (χ4v) is 3.25. The maximum atomic E-state index is 13.3. The van der Waals surface area contributed by atoms with Crippen molar-refractivity contribution in [2.24, 2.45) is 0 Å². The van der Waals surface area contributed by atoms with Crippen molar-refractivity contribution in [3.63, 3.8) is 0 Å². The molecule has 1 aromatic carbocycles. The molecule has 0 saturated heterocycles. The minimum atomic E-state index is -4.68. The smallest absolute Gasteiger partial charge is 0.435 e. The Labute approximate surface area is 168 Å². The third-order valence-corrected chi connectivity index (χ3v) is 4.99. The molecule has 0 atom stereocenters. The van der Waals surface area contributed by atoms with E-state index in [0.717, 1.165) is 28.6 Å². The van der Waals surface area contributed by atoms with Crippen molar-refractivity contribution in [2.45, 2.75) is 11.2 Å². The van der Waals surface area contributed by atoms with E-state index in [0.29, 0.717) is 11.3 Å². The van der Waals surface area contributed by atoms with Crippen LogP contribution in [0.4, 0.5) is 13.2 Å². The predicted molar refractivity (Wildman–Crippen MR) is 99.3 cm³/mol. The first-order valence-corrected chi connectivity index (χ1v) is 9.82. The van der Waals surface area contributed by atoms with E-state index in [-0.39, 0.29) is 11.4 Å². The number of hydrogen-bond acceptors (Lipinski definition) is 5. The summed E-state index contributed by atoms with van der Waals surface area (Å²) < 4.78 is 77.4. The Kier molecular flexibility index (Phi) is 4.71. The molecule has 3 aromatic heterocycles. The summed E-state index contributed by atoms with van der Waals surface area (Å²) in [7, 11) is -4.54. The van der Waals surface area contributed by atoms with Crippen LogP contribution in [0, 0.1) is 0 Å². The second kappa shape index (κ2) is 7.11. The van der Waals surface area contributed by atoms with Gasteiger partial charge in [0, 0.05) is 11.1 Å². The molecule has 3 heterocycles. The van der Waals surface area contributed by atoms with Gasteiger partial charge >= 0.3 is 16.3 Å². The highest BCUT2D eigenvalue weighted by Gasteiger charge is 2.35. The number of hydrogen-bond donors (Lipinski definition) is 1. The van der Waals surface area contributed by atoms with E-state index >= 15 is 0 Å². The van der Waals surface area contributed by atoms with Crippen LogP contribution in [0.25, 0.3) is 28.3 Å². The maximum absolute atomic E-state index is 13.3. The average Bonchev–Trinajstić information content (AvgIpc) is 3.37. The van der Waals surface area contributed by atoms with Crippen molar-refractivity contribution in [3.05, 3.63) is 72.8 Å². The lowest BCUT2D eigenvalue weighted by molar-refractivity contribution is -0.141. The number of alkyl halides is 3. The third kappa shape index (κ3) is 3.84. The second-order valence-electron chi connectivity index (χ2n) is 6.21. The molecule has 0 fully saturated rings. The van der Waals surface area contributed by atoms with Gasteiger partial charge in [-0.15, -0.1) is 0 Å². The summed E-state index contributed by atoms with van der Waals surface area (Å²) in [5.41, 5.74) is 0.265. The predicted octanol–water partition coefficient (Wildman–Crippen LogP) is 4.46. The van der Waals surface area contributed by atoms with Gasteiger partial charge in [0.15, 0.2) is 10.7 Å². The van der Waals surface area contributed by atoms with Gasteiger partial charge in [0.05, 0.1) is 23.8 Å². The number of pyridine rings is 1. The lowest BCUT2D eigenvalue weighted by atomic mass is 10.1. The maximum Gasteiger partial charge on any atom is 0.435 e. The molecule has 4 rings (SSSR count). The molecule has 0 aliphatic heterocycles. The van der Waals surface area contributed by atoms with Crippen LogP contribution in [-0.2, 0) is 16.3 Å². The van der Waals surface area contributed by atoms with Crippen LogP contribution in [0.5, 0.6) is 0 Å². The number of benzene rings is 1. The monoisotopic (exact) mass is 435 g/mol. The minimum Gasteiger partial charge on any atom is -0.464 e. The molecule has 11 heteroatoms. The molecular formula is C19H12F3N3O4S. The molecule has 1 N–H and O–H groups in total. The van der Waals surface area contributed by atoms with Crippen LogP contribution in [0.1, 0.15) is 5.69 Å². The van der Waals surface area contributed by atoms with Crippen LogP contribution in [0.3, 0.4) is 0 Å². The van der Waals surface area contributed by atoms with Gasteiger partial charge in [-0.25, -0.2) is 9.67 Å². The summed E-state index contributed by atoms with van der Waals surface area (Å²) in [5, 5.41) is 2.99. The quantitative estimate of drug-likeness (QED) is 0.475. The summed E-state index contributed by atoms with van der Waals surface area (Å²) >= 11 is 0. The van der Waals surface area contributed by atoms with Crippen LogP contribution < -0.4 is 0 Å². The van der Waals surface area contributed by atoms with E-state index in [1.807, 2.05) is 0 Å².